The molecule has 0 aliphatic heterocycles. The molecule has 6 nitrogen and oxygen atoms in total. The minimum Gasteiger partial charge on any atom is -0.465 e. The highest BCUT2D eigenvalue weighted by Gasteiger charge is 2.05. The lowest BCUT2D eigenvalue weighted by Crippen LogP contribution is -2.02. The Hall–Kier alpha value is -2.24. The Balaban J connectivity index is 2.29. The third-order valence-corrected chi connectivity index (χ3v) is 1.90. The highest BCUT2D eigenvalue weighted by Crippen LogP contribution is 2.08. The first kappa shape index (κ1) is 9.32. The van der Waals surface area contributed by atoms with Gasteiger partial charge in [0.25, 0.3) is 0 Å². The topological polar surface area (TPSA) is 69.9 Å². The molecule has 2 aromatic rings. The van der Waals surface area contributed by atoms with Gasteiger partial charge in [0.1, 0.15) is 6.33 Å². The van der Waals surface area contributed by atoms with Crippen LogP contribution in [0.1, 0.15) is 10.4 Å². The van der Waals surface area contributed by atoms with Crippen molar-refractivity contribution in [2.45, 2.75) is 0 Å². The Kier molecular flexibility index (Phi) is 2.40. The largest absolute Gasteiger partial charge is 0.465 e. The Morgan fingerprint density at radius 2 is 2.07 bits per heavy atom. The molecule has 0 amide bonds. The van der Waals surface area contributed by atoms with Crippen molar-refractivity contribution in [3.05, 3.63) is 36.2 Å². The van der Waals surface area contributed by atoms with Crippen LogP contribution in [0.4, 0.5) is 0 Å². The van der Waals surface area contributed by atoms with Crippen LogP contribution >= 0.6 is 0 Å². The molecule has 6 heteroatoms. The highest BCUT2D eigenvalue weighted by molar-refractivity contribution is 5.89. The quantitative estimate of drug-likeness (QED) is 0.664. The van der Waals surface area contributed by atoms with Crippen LogP contribution in [-0.4, -0.2) is 33.3 Å². The molecule has 0 bridgehead atoms. The van der Waals surface area contributed by atoms with E-state index in [9.17, 15) is 4.79 Å². The number of hydrogen-bond acceptors (Lipinski definition) is 5. The zero-order valence-electron chi connectivity index (χ0n) is 7.99. The summed E-state index contributed by atoms with van der Waals surface area (Å²) in [5, 5.41) is 10.7. The van der Waals surface area contributed by atoms with Crippen LogP contribution in [0, 0.1) is 0 Å². The number of benzene rings is 1. The van der Waals surface area contributed by atoms with Gasteiger partial charge < -0.3 is 4.74 Å². The number of tetrazole rings is 1. The van der Waals surface area contributed by atoms with Gasteiger partial charge in [-0.05, 0) is 34.7 Å². The number of hydrogen-bond donors (Lipinski definition) is 0. The fourth-order valence-electron chi connectivity index (χ4n) is 1.15. The van der Waals surface area contributed by atoms with E-state index in [0.717, 1.165) is 5.69 Å². The van der Waals surface area contributed by atoms with Crippen molar-refractivity contribution in [3.8, 4) is 5.69 Å². The molecule has 0 radical (unpaired) electrons. The molecule has 0 fully saturated rings. The van der Waals surface area contributed by atoms with E-state index in [2.05, 4.69) is 20.3 Å². The second-order valence-electron chi connectivity index (χ2n) is 2.79. The molecule has 15 heavy (non-hydrogen) atoms. The van der Waals surface area contributed by atoms with E-state index in [4.69, 9.17) is 0 Å². The Labute approximate surface area is 85.5 Å². The summed E-state index contributed by atoms with van der Waals surface area (Å²) >= 11 is 0. The lowest BCUT2D eigenvalue weighted by Gasteiger charge is -2.01. The molecule has 0 spiro atoms. The van der Waals surface area contributed by atoms with Gasteiger partial charge in [-0.25, -0.2) is 9.48 Å². The molecule has 0 saturated heterocycles. The summed E-state index contributed by atoms with van der Waals surface area (Å²) in [7, 11) is 1.34. The molecule has 0 saturated carbocycles. The van der Waals surface area contributed by atoms with Crippen LogP contribution in [0.15, 0.2) is 30.6 Å². The van der Waals surface area contributed by atoms with Gasteiger partial charge in [0.15, 0.2) is 0 Å². The van der Waals surface area contributed by atoms with Crippen LogP contribution in [0.5, 0.6) is 0 Å². The van der Waals surface area contributed by atoms with Crippen LogP contribution < -0.4 is 0 Å². The standard InChI is InChI=1S/C9H8N4O2/c1-15-9(14)7-2-4-8(5-3-7)13-6-10-11-12-13/h2-6H,1H3. The van der Waals surface area contributed by atoms with Crippen molar-refractivity contribution >= 4 is 5.97 Å². The van der Waals surface area contributed by atoms with Gasteiger partial charge in [0.05, 0.1) is 18.4 Å². The number of aromatic nitrogens is 4. The number of esters is 1. The lowest BCUT2D eigenvalue weighted by molar-refractivity contribution is 0.0601. The van der Waals surface area contributed by atoms with E-state index in [1.54, 1.807) is 24.3 Å². The molecular formula is C9H8N4O2. The van der Waals surface area contributed by atoms with Gasteiger partial charge >= 0.3 is 5.97 Å². The number of carbonyl (C=O) groups excluding carboxylic acids is 1. The minimum atomic E-state index is -0.363. The number of ether oxygens (including phenoxy) is 1. The summed E-state index contributed by atoms with van der Waals surface area (Å²) in [6.45, 7) is 0. The minimum absolute atomic E-state index is 0.363. The summed E-state index contributed by atoms with van der Waals surface area (Å²) in [6, 6.07) is 6.79. The van der Waals surface area contributed by atoms with Crippen LogP contribution in [-0.2, 0) is 4.74 Å². The van der Waals surface area contributed by atoms with Gasteiger partial charge in [-0.3, -0.25) is 0 Å². The maximum Gasteiger partial charge on any atom is 0.337 e. The average Bonchev–Trinajstić information content (AvgIpc) is 2.82. The zero-order valence-corrected chi connectivity index (χ0v) is 7.99. The summed E-state index contributed by atoms with van der Waals surface area (Å²) in [5.74, 6) is -0.363. The lowest BCUT2D eigenvalue weighted by atomic mass is 10.2. The second-order valence-corrected chi connectivity index (χ2v) is 2.79. The Bertz CT molecular complexity index is 449. The Morgan fingerprint density at radius 3 is 2.60 bits per heavy atom. The Morgan fingerprint density at radius 1 is 1.33 bits per heavy atom. The smallest absolute Gasteiger partial charge is 0.337 e. The molecule has 0 N–H and O–H groups in total. The molecule has 1 aromatic carbocycles. The van der Waals surface area contributed by atoms with Crippen molar-refractivity contribution in [2.75, 3.05) is 7.11 Å². The van der Waals surface area contributed by atoms with Crippen LogP contribution in [0.3, 0.4) is 0 Å². The maximum absolute atomic E-state index is 11.1. The van der Waals surface area contributed by atoms with Crippen molar-refractivity contribution in [2.24, 2.45) is 0 Å². The van der Waals surface area contributed by atoms with Gasteiger partial charge in [-0.2, -0.15) is 0 Å². The van der Waals surface area contributed by atoms with E-state index in [1.165, 1.54) is 18.1 Å². The van der Waals surface area contributed by atoms with Gasteiger partial charge in [0, 0.05) is 0 Å². The summed E-state index contributed by atoms with van der Waals surface area (Å²) in [6.07, 6.45) is 1.48. The predicted octanol–water partition coefficient (Wildman–Crippen LogP) is 0.449. The van der Waals surface area contributed by atoms with Crippen molar-refractivity contribution < 1.29 is 9.53 Å². The van der Waals surface area contributed by atoms with Gasteiger partial charge in [-0.1, -0.05) is 0 Å². The van der Waals surface area contributed by atoms with E-state index < -0.39 is 0 Å². The fourth-order valence-corrected chi connectivity index (χ4v) is 1.15. The van der Waals surface area contributed by atoms with Crippen LogP contribution in [0.2, 0.25) is 0 Å². The SMILES string of the molecule is COC(=O)c1ccc(-n2cnnn2)cc1. The molecule has 0 atom stereocenters. The molecule has 0 aliphatic rings. The third-order valence-electron chi connectivity index (χ3n) is 1.90. The molecule has 76 valence electrons. The van der Waals surface area contributed by atoms with Gasteiger partial charge in [-0.15, -0.1) is 5.10 Å². The monoisotopic (exact) mass is 204 g/mol. The van der Waals surface area contributed by atoms with E-state index in [-0.39, 0.29) is 5.97 Å². The zero-order chi connectivity index (χ0) is 10.7. The number of rotatable bonds is 2. The predicted molar refractivity (Wildman–Crippen MR) is 50.5 cm³/mol. The summed E-state index contributed by atoms with van der Waals surface area (Å²) in [4.78, 5) is 11.1. The summed E-state index contributed by atoms with van der Waals surface area (Å²) < 4.78 is 6.08. The van der Waals surface area contributed by atoms with Crippen molar-refractivity contribution in [1.29, 1.82) is 0 Å². The summed E-state index contributed by atoms with van der Waals surface area (Å²) in [5.41, 5.74) is 1.28. The first-order valence-corrected chi connectivity index (χ1v) is 4.23. The van der Waals surface area contributed by atoms with Crippen LogP contribution in [0.25, 0.3) is 5.69 Å². The van der Waals surface area contributed by atoms with E-state index in [0.29, 0.717) is 5.56 Å². The number of methoxy groups -OCH3 is 1. The maximum atomic E-state index is 11.1. The number of carbonyl (C=O) groups is 1. The van der Waals surface area contributed by atoms with E-state index >= 15 is 0 Å². The third kappa shape index (κ3) is 1.83. The second kappa shape index (κ2) is 3.87. The molecule has 0 unspecified atom stereocenters. The van der Waals surface area contributed by atoms with Crippen molar-refractivity contribution in [1.82, 2.24) is 20.2 Å². The molecule has 0 aliphatic carbocycles. The van der Waals surface area contributed by atoms with Crippen molar-refractivity contribution in [3.63, 3.8) is 0 Å². The molecule has 2 rings (SSSR count). The fraction of sp³-hybridized carbons (Fsp3) is 0.111. The molecular weight excluding hydrogens is 196 g/mol. The first-order chi connectivity index (χ1) is 7.31. The van der Waals surface area contributed by atoms with E-state index in [1.807, 2.05) is 0 Å². The number of nitrogens with zero attached hydrogens (tertiary/aromatic N) is 4. The highest BCUT2D eigenvalue weighted by atomic mass is 16.5. The molecule has 1 aromatic heterocycles. The first-order valence-electron chi connectivity index (χ1n) is 4.23. The normalized spacial score (nSPS) is 9.93. The van der Waals surface area contributed by atoms with Gasteiger partial charge in [0.2, 0.25) is 0 Å². The molecule has 1 heterocycles. The average molecular weight is 204 g/mol.